The van der Waals surface area contributed by atoms with Crippen LogP contribution < -0.4 is 0 Å². The Labute approximate surface area is 643 Å². The fraction of sp³-hybridized carbons (Fsp3) is 0.391. The SMILES string of the molecule is CC(=O)C(C)(C)O.CC(C)(O)C(=O)c1ccc(C2(C)CC(C)(C)c3ccccc32)cc1.CC(C)(O)C(=O)c1ccc(CCc2ccc(C(=O)C(C)(C)O)cc2)cc1.CC(C)(O)C(=O)c1ccc(COCc2ccc(C(=O)C(C)(C)O)cc2)cc1.CC(C)(O)C(=O)c1ccc(Cc2ccc(C(=O)C(C)(C)O)cc2)cc1. The van der Waals surface area contributed by atoms with Crippen LogP contribution in [-0.4, -0.2) is 132 Å². The van der Waals surface area contributed by atoms with Gasteiger partial charge in [-0.25, -0.2) is 0 Å². The summed E-state index contributed by atoms with van der Waals surface area (Å²) in [6, 6.07) is 59.1. The number of aryl methyl sites for hydroxylation is 2. The first-order valence-corrected chi connectivity index (χ1v) is 36.4. The molecule has 1 unspecified atom stereocenters. The lowest BCUT2D eigenvalue weighted by atomic mass is 9.75. The third kappa shape index (κ3) is 26.5. The number of Topliss-reactive ketones (excluding diaryl/α,β-unsaturated/α-hetero) is 8. The van der Waals surface area contributed by atoms with E-state index in [9.17, 15) is 74.1 Å². The lowest BCUT2D eigenvalue weighted by Crippen LogP contribution is -2.31. The van der Waals surface area contributed by atoms with Gasteiger partial charge in [-0.15, -0.1) is 0 Å². The van der Waals surface area contributed by atoms with Gasteiger partial charge in [-0.2, -0.15) is 0 Å². The molecule has 9 rings (SSSR count). The monoisotopic (exact) mass is 1490 g/mol. The van der Waals surface area contributed by atoms with E-state index in [1.807, 2.05) is 72.8 Å². The quantitative estimate of drug-likeness (QED) is 0.0247. The maximum Gasteiger partial charge on any atom is 0.193 e. The molecular weight excluding hydrogens is 1380 g/mol. The third-order valence-corrected chi connectivity index (χ3v) is 18.5. The highest BCUT2D eigenvalue weighted by Crippen LogP contribution is 2.52. The average Bonchev–Trinajstić information content (AvgIpc) is 1.58. The molecule has 0 saturated heterocycles. The first kappa shape index (κ1) is 90.4. The van der Waals surface area contributed by atoms with E-state index in [-0.39, 0.29) is 57.1 Å². The maximum atomic E-state index is 12.2. The molecule has 1 atom stereocenters. The molecule has 8 aromatic rings. The van der Waals surface area contributed by atoms with Crippen molar-refractivity contribution in [1.82, 2.24) is 0 Å². The van der Waals surface area contributed by atoms with E-state index in [0.717, 1.165) is 52.6 Å². The van der Waals surface area contributed by atoms with Crippen LogP contribution in [0, 0.1) is 0 Å². The van der Waals surface area contributed by atoms with Gasteiger partial charge in [0.05, 0.1) is 13.2 Å². The van der Waals surface area contributed by atoms with Crippen LogP contribution >= 0.6 is 0 Å². The number of carbonyl (C=O) groups is 8. The van der Waals surface area contributed by atoms with Gasteiger partial charge in [0, 0.05) is 44.4 Å². The van der Waals surface area contributed by atoms with Gasteiger partial charge in [-0.05, 0) is 199 Å². The Morgan fingerprint density at radius 3 is 0.716 bits per heavy atom. The topological polar surface area (TPSA) is 308 Å². The number of hydrogen-bond donors (Lipinski definition) is 8. The first-order valence-electron chi connectivity index (χ1n) is 36.4. The van der Waals surface area contributed by atoms with Crippen molar-refractivity contribution in [3.8, 4) is 0 Å². The lowest BCUT2D eigenvalue weighted by Gasteiger charge is -2.29. The summed E-state index contributed by atoms with van der Waals surface area (Å²) >= 11 is 0. The molecule has 0 aliphatic heterocycles. The molecule has 0 radical (unpaired) electrons. The fourth-order valence-electron chi connectivity index (χ4n) is 11.9. The van der Waals surface area contributed by atoms with Crippen LogP contribution in [0.3, 0.4) is 0 Å². The molecule has 0 amide bonds. The average molecular weight is 1490 g/mol. The molecule has 109 heavy (non-hydrogen) atoms. The van der Waals surface area contributed by atoms with Crippen molar-refractivity contribution in [1.29, 1.82) is 0 Å². The molecule has 8 N–H and O–H groups in total. The predicted molar refractivity (Wildman–Crippen MR) is 426 cm³/mol. The second kappa shape index (κ2) is 36.1. The number of benzene rings is 8. The smallest absolute Gasteiger partial charge is 0.193 e. The van der Waals surface area contributed by atoms with E-state index in [1.54, 1.807) is 97.1 Å². The van der Waals surface area contributed by atoms with Gasteiger partial charge in [0.15, 0.2) is 46.3 Å². The van der Waals surface area contributed by atoms with Gasteiger partial charge < -0.3 is 45.6 Å². The zero-order chi connectivity index (χ0) is 82.4. The number of ether oxygens (including phenoxy) is 1. The first-order chi connectivity index (χ1) is 49.9. The summed E-state index contributed by atoms with van der Waals surface area (Å²) in [7, 11) is 0. The molecule has 17 nitrogen and oxygen atoms in total. The summed E-state index contributed by atoms with van der Waals surface area (Å²) in [6.45, 7) is 32.7. The Morgan fingerprint density at radius 1 is 0.294 bits per heavy atom. The van der Waals surface area contributed by atoms with Crippen LogP contribution in [0.1, 0.15) is 267 Å². The fourth-order valence-corrected chi connectivity index (χ4v) is 11.9. The van der Waals surface area contributed by atoms with Gasteiger partial charge in [0.1, 0.15) is 44.8 Å². The number of ketones is 8. The summed E-state index contributed by atoms with van der Waals surface area (Å²) in [5, 5.41) is 77.3. The molecule has 0 heterocycles. The van der Waals surface area contributed by atoms with Gasteiger partial charge in [0.25, 0.3) is 0 Å². The Morgan fingerprint density at radius 2 is 0.495 bits per heavy atom. The summed E-state index contributed by atoms with van der Waals surface area (Å²) in [5.74, 6) is -2.31. The minimum Gasteiger partial charge on any atom is -0.383 e. The van der Waals surface area contributed by atoms with E-state index in [0.29, 0.717) is 58.6 Å². The maximum absolute atomic E-state index is 12.2. The number of hydrogen-bond acceptors (Lipinski definition) is 17. The molecular formula is C92H112O17. The van der Waals surface area contributed by atoms with E-state index >= 15 is 0 Å². The molecule has 8 aromatic carbocycles. The van der Waals surface area contributed by atoms with E-state index < -0.39 is 44.8 Å². The Hall–Kier alpha value is -9.24. The molecule has 582 valence electrons. The number of carbonyl (C=O) groups excluding carboxylic acids is 8. The largest absolute Gasteiger partial charge is 0.383 e. The molecule has 0 saturated carbocycles. The van der Waals surface area contributed by atoms with Crippen molar-refractivity contribution >= 4 is 46.3 Å². The van der Waals surface area contributed by atoms with Crippen LogP contribution in [0.4, 0.5) is 0 Å². The second-order valence-electron chi connectivity index (χ2n) is 33.2. The third-order valence-electron chi connectivity index (χ3n) is 18.5. The Kier molecular flexibility index (Phi) is 29.9. The van der Waals surface area contributed by atoms with Crippen LogP contribution in [0.25, 0.3) is 0 Å². The van der Waals surface area contributed by atoms with Crippen LogP contribution in [0.5, 0.6) is 0 Å². The van der Waals surface area contributed by atoms with Crippen LogP contribution in [-0.2, 0) is 52.8 Å². The minimum absolute atomic E-state index is 0.0591. The summed E-state index contributed by atoms with van der Waals surface area (Å²) < 4.78 is 5.67. The zero-order valence-electron chi connectivity index (χ0n) is 67.0. The highest BCUT2D eigenvalue weighted by molar-refractivity contribution is 6.05. The Balaban J connectivity index is 0.000000253. The minimum atomic E-state index is -1.39. The Bertz CT molecular complexity index is 4220. The lowest BCUT2D eigenvalue weighted by molar-refractivity contribution is -0.131. The molecule has 0 spiro atoms. The molecule has 1 aliphatic carbocycles. The van der Waals surface area contributed by atoms with Crippen LogP contribution in [0.15, 0.2) is 194 Å². The molecule has 0 aromatic heterocycles. The summed E-state index contributed by atoms with van der Waals surface area (Å²) in [6.07, 6.45) is 3.30. The van der Waals surface area contributed by atoms with E-state index in [1.165, 1.54) is 134 Å². The number of fused-ring (bicyclic) bond motifs is 1. The van der Waals surface area contributed by atoms with Crippen molar-refractivity contribution in [3.63, 3.8) is 0 Å². The van der Waals surface area contributed by atoms with Gasteiger partial charge >= 0.3 is 0 Å². The highest BCUT2D eigenvalue weighted by atomic mass is 16.5. The standard InChI is InChI=1S/C22H26O5.C22H26O4.C22H26O2.C21H24O4.C5H10O2/c1-21(2,25)19(23)17-9-5-15(6-10-17)13-27-14-16-7-11-18(12-8-16)20(24)22(3,4)26;1-21(2,25)19(23)17-11-7-15(8-12-17)5-6-16-9-13-18(14-10-16)20(24)22(3,4)26;1-20(2)14-22(5,18-9-7-6-8-17(18)20)16-12-10-15(11-13-16)19(23)21(3,4)24;1-20(2,24)18(22)16-9-5-14(6-10-16)13-15-7-11-17(12-8-15)19(23)21(3,4)25;1-4(6)5(2,3)7/h5-12,25-26H,13-14H2,1-4H3;7-14,25-26H,5-6H2,1-4H3;6-13,24H,14H2,1-5H3;5-12,24-25H,13H2,1-4H3;7H,1-3H3. The van der Waals surface area contributed by atoms with Gasteiger partial charge in [0.2, 0.25) is 0 Å². The summed E-state index contributed by atoms with van der Waals surface area (Å²) in [4.78, 5) is 94.5. The zero-order valence-corrected chi connectivity index (χ0v) is 67.0. The predicted octanol–water partition coefficient (Wildman–Crippen LogP) is 14.8. The highest BCUT2D eigenvalue weighted by Gasteiger charge is 2.45. The summed E-state index contributed by atoms with van der Waals surface area (Å²) in [5.41, 5.74) is 2.76. The molecule has 17 heteroatoms. The molecule has 1 aliphatic rings. The van der Waals surface area contributed by atoms with Crippen molar-refractivity contribution in [2.45, 2.75) is 233 Å². The van der Waals surface area contributed by atoms with Crippen molar-refractivity contribution in [2.24, 2.45) is 0 Å². The second-order valence-corrected chi connectivity index (χ2v) is 33.2. The number of rotatable bonds is 25. The van der Waals surface area contributed by atoms with Crippen molar-refractivity contribution in [2.75, 3.05) is 0 Å². The van der Waals surface area contributed by atoms with Crippen molar-refractivity contribution in [3.05, 3.63) is 283 Å². The van der Waals surface area contributed by atoms with E-state index in [4.69, 9.17) is 9.84 Å². The van der Waals surface area contributed by atoms with E-state index in [2.05, 4.69) is 45.0 Å². The molecule has 0 bridgehead atoms. The number of aliphatic hydroxyl groups is 8. The van der Waals surface area contributed by atoms with Gasteiger partial charge in [-0.1, -0.05) is 215 Å². The molecule has 0 fully saturated rings. The van der Waals surface area contributed by atoms with Gasteiger partial charge in [-0.3, -0.25) is 38.4 Å². The normalized spacial score (nSPS) is 14.3. The van der Waals surface area contributed by atoms with Crippen molar-refractivity contribution < 1.29 is 83.9 Å². The van der Waals surface area contributed by atoms with Crippen LogP contribution in [0.2, 0.25) is 0 Å².